The molecule has 19 heavy (non-hydrogen) atoms. The van der Waals surface area contributed by atoms with E-state index < -0.39 is 15.8 Å². The molecule has 2 aromatic carbocycles. The first-order chi connectivity index (χ1) is 8.88. The van der Waals surface area contributed by atoms with Crippen LogP contribution in [-0.4, -0.2) is 8.42 Å². The van der Waals surface area contributed by atoms with E-state index in [1.54, 1.807) is 18.2 Å². The molecule has 100 valence electrons. The SMILES string of the molecule is O=S(=O)(Nc1ccc(Cl)cc1I)c1ccc(F)cc1. The molecule has 0 amide bonds. The van der Waals surface area contributed by atoms with E-state index in [9.17, 15) is 12.8 Å². The van der Waals surface area contributed by atoms with Crippen LogP contribution in [0.3, 0.4) is 0 Å². The van der Waals surface area contributed by atoms with E-state index in [1.807, 2.05) is 22.6 Å². The molecule has 0 unspecified atom stereocenters. The van der Waals surface area contributed by atoms with Gasteiger partial charge < -0.3 is 0 Å². The highest BCUT2D eigenvalue weighted by Crippen LogP contribution is 2.24. The molecule has 0 fully saturated rings. The van der Waals surface area contributed by atoms with E-state index >= 15 is 0 Å². The molecular formula is C12H8ClFINO2S. The van der Waals surface area contributed by atoms with Gasteiger partial charge in [-0.1, -0.05) is 11.6 Å². The number of rotatable bonds is 3. The van der Waals surface area contributed by atoms with Gasteiger partial charge in [-0.3, -0.25) is 4.72 Å². The zero-order valence-corrected chi connectivity index (χ0v) is 13.1. The van der Waals surface area contributed by atoms with Crippen molar-refractivity contribution in [1.82, 2.24) is 0 Å². The smallest absolute Gasteiger partial charge is 0.261 e. The molecule has 0 aliphatic carbocycles. The van der Waals surface area contributed by atoms with Crippen molar-refractivity contribution < 1.29 is 12.8 Å². The molecular weight excluding hydrogens is 404 g/mol. The predicted octanol–water partition coefficient (Wildman–Crippen LogP) is 3.88. The Balaban J connectivity index is 2.33. The van der Waals surface area contributed by atoms with Crippen LogP contribution < -0.4 is 4.72 Å². The van der Waals surface area contributed by atoms with Crippen LogP contribution in [0.4, 0.5) is 10.1 Å². The highest BCUT2D eigenvalue weighted by Gasteiger charge is 2.15. The third kappa shape index (κ3) is 3.58. The lowest BCUT2D eigenvalue weighted by molar-refractivity contribution is 0.599. The van der Waals surface area contributed by atoms with Gasteiger partial charge in [0.2, 0.25) is 0 Å². The van der Waals surface area contributed by atoms with Crippen LogP contribution in [0.25, 0.3) is 0 Å². The van der Waals surface area contributed by atoms with Crippen molar-refractivity contribution in [3.05, 3.63) is 56.9 Å². The maximum atomic E-state index is 12.8. The first-order valence-electron chi connectivity index (χ1n) is 5.12. The Morgan fingerprint density at radius 2 is 1.74 bits per heavy atom. The Morgan fingerprint density at radius 1 is 1.11 bits per heavy atom. The highest BCUT2D eigenvalue weighted by molar-refractivity contribution is 14.1. The quantitative estimate of drug-likeness (QED) is 0.779. The van der Waals surface area contributed by atoms with Gasteiger partial charge in [0.05, 0.1) is 10.6 Å². The Morgan fingerprint density at radius 3 is 2.32 bits per heavy atom. The number of benzene rings is 2. The summed E-state index contributed by atoms with van der Waals surface area (Å²) in [5.74, 6) is -0.486. The molecule has 0 aliphatic rings. The Bertz CT molecular complexity index is 704. The molecule has 2 aromatic rings. The first kappa shape index (κ1) is 14.5. The minimum absolute atomic E-state index is 0.000324. The van der Waals surface area contributed by atoms with Crippen LogP contribution in [0.2, 0.25) is 5.02 Å². The van der Waals surface area contributed by atoms with Gasteiger partial charge in [0, 0.05) is 8.59 Å². The lowest BCUT2D eigenvalue weighted by atomic mass is 10.3. The number of sulfonamides is 1. The van der Waals surface area contributed by atoms with Crippen molar-refractivity contribution in [2.45, 2.75) is 4.90 Å². The number of hydrogen-bond acceptors (Lipinski definition) is 2. The van der Waals surface area contributed by atoms with Gasteiger partial charge in [0.15, 0.2) is 0 Å². The average molecular weight is 412 g/mol. The van der Waals surface area contributed by atoms with Crippen LogP contribution in [-0.2, 0) is 10.0 Å². The standard InChI is InChI=1S/C12H8ClFINO2S/c13-8-1-6-12(11(15)7-8)16-19(17,18)10-4-2-9(14)3-5-10/h1-7,16H. The molecule has 0 aromatic heterocycles. The highest BCUT2D eigenvalue weighted by atomic mass is 127. The van der Waals surface area contributed by atoms with Crippen LogP contribution in [0.15, 0.2) is 47.4 Å². The fourth-order valence-corrected chi connectivity index (χ4v) is 3.66. The largest absolute Gasteiger partial charge is 0.279 e. The zero-order valence-electron chi connectivity index (χ0n) is 9.40. The maximum Gasteiger partial charge on any atom is 0.261 e. The van der Waals surface area contributed by atoms with Gasteiger partial charge in [-0.2, -0.15) is 0 Å². The molecule has 0 aliphatic heterocycles. The van der Waals surface area contributed by atoms with Gasteiger partial charge in [0.1, 0.15) is 5.82 Å². The summed E-state index contributed by atoms with van der Waals surface area (Å²) in [4.78, 5) is -0.000324. The van der Waals surface area contributed by atoms with Crippen molar-refractivity contribution in [2.75, 3.05) is 4.72 Å². The second-order valence-electron chi connectivity index (χ2n) is 3.68. The minimum atomic E-state index is -3.73. The Kier molecular flexibility index (Phi) is 4.32. The van der Waals surface area contributed by atoms with Gasteiger partial charge >= 0.3 is 0 Å². The molecule has 0 spiro atoms. The second-order valence-corrected chi connectivity index (χ2v) is 6.96. The van der Waals surface area contributed by atoms with Crippen molar-refractivity contribution in [2.24, 2.45) is 0 Å². The number of nitrogens with one attached hydrogen (secondary N) is 1. The van der Waals surface area contributed by atoms with Gasteiger partial charge in [-0.25, -0.2) is 12.8 Å². The topological polar surface area (TPSA) is 46.2 Å². The summed E-state index contributed by atoms with van der Waals surface area (Å²) in [5.41, 5.74) is 0.425. The van der Waals surface area contributed by atoms with Crippen molar-refractivity contribution in [3.63, 3.8) is 0 Å². The third-order valence-electron chi connectivity index (χ3n) is 2.30. The van der Waals surface area contributed by atoms with Crippen molar-refractivity contribution in [1.29, 1.82) is 0 Å². The van der Waals surface area contributed by atoms with E-state index in [2.05, 4.69) is 4.72 Å². The van der Waals surface area contributed by atoms with Gasteiger partial charge in [0.25, 0.3) is 10.0 Å². The molecule has 0 atom stereocenters. The monoisotopic (exact) mass is 411 g/mol. The normalized spacial score (nSPS) is 11.3. The fraction of sp³-hybridized carbons (Fsp3) is 0. The third-order valence-corrected chi connectivity index (χ3v) is 4.81. The predicted molar refractivity (Wildman–Crippen MR) is 81.4 cm³/mol. The number of halogens is 3. The van der Waals surface area contributed by atoms with E-state index in [1.165, 1.54) is 12.1 Å². The van der Waals surface area contributed by atoms with E-state index in [0.29, 0.717) is 14.3 Å². The fourth-order valence-electron chi connectivity index (χ4n) is 1.39. The van der Waals surface area contributed by atoms with Gasteiger partial charge in [-0.05, 0) is 65.1 Å². The number of anilines is 1. The molecule has 2 rings (SSSR count). The summed E-state index contributed by atoms with van der Waals surface area (Å²) in [6.07, 6.45) is 0. The molecule has 7 heteroatoms. The van der Waals surface area contributed by atoms with E-state index in [4.69, 9.17) is 11.6 Å². The molecule has 0 saturated carbocycles. The summed E-state index contributed by atoms with van der Waals surface area (Å²) >= 11 is 7.78. The molecule has 1 N–H and O–H groups in total. The summed E-state index contributed by atoms with van der Waals surface area (Å²) in [5, 5.41) is 0.522. The molecule has 0 radical (unpaired) electrons. The molecule has 0 bridgehead atoms. The Labute approximate surface area is 129 Å². The zero-order chi connectivity index (χ0) is 14.0. The summed E-state index contributed by atoms with van der Waals surface area (Å²) in [6.45, 7) is 0. The van der Waals surface area contributed by atoms with Crippen LogP contribution in [0.5, 0.6) is 0 Å². The van der Waals surface area contributed by atoms with E-state index in [0.717, 1.165) is 12.1 Å². The Hall–Kier alpha value is -0.860. The molecule has 0 saturated heterocycles. The maximum absolute atomic E-state index is 12.8. The van der Waals surface area contributed by atoms with E-state index in [-0.39, 0.29) is 4.90 Å². The average Bonchev–Trinajstić information content (AvgIpc) is 2.33. The summed E-state index contributed by atoms with van der Waals surface area (Å²) < 4.78 is 40.0. The molecule has 3 nitrogen and oxygen atoms in total. The number of hydrogen-bond donors (Lipinski definition) is 1. The lowest BCUT2D eigenvalue weighted by Gasteiger charge is -2.10. The van der Waals surface area contributed by atoms with Gasteiger partial charge in [-0.15, -0.1) is 0 Å². The second kappa shape index (κ2) is 5.64. The molecule has 0 heterocycles. The summed E-state index contributed by atoms with van der Waals surface area (Å²) in [7, 11) is -3.73. The first-order valence-corrected chi connectivity index (χ1v) is 8.06. The van der Waals surface area contributed by atoms with Crippen LogP contribution in [0.1, 0.15) is 0 Å². The lowest BCUT2D eigenvalue weighted by Crippen LogP contribution is -2.13. The van der Waals surface area contributed by atoms with Crippen LogP contribution in [0, 0.1) is 9.39 Å². The van der Waals surface area contributed by atoms with Crippen molar-refractivity contribution >= 4 is 49.9 Å². The minimum Gasteiger partial charge on any atom is -0.279 e. The summed E-state index contributed by atoms with van der Waals surface area (Å²) in [6, 6.07) is 9.42. The van der Waals surface area contributed by atoms with Crippen molar-refractivity contribution in [3.8, 4) is 0 Å². The van der Waals surface area contributed by atoms with Crippen LogP contribution >= 0.6 is 34.2 Å².